The van der Waals surface area contributed by atoms with E-state index in [-0.39, 0.29) is 11.1 Å². The summed E-state index contributed by atoms with van der Waals surface area (Å²) in [5.74, 6) is 0. The van der Waals surface area contributed by atoms with E-state index in [9.17, 15) is 0 Å². The number of ether oxygens (including phenoxy) is 1. The second-order valence-corrected chi connectivity index (χ2v) is 6.13. The first kappa shape index (κ1) is 12.2. The summed E-state index contributed by atoms with van der Waals surface area (Å²) in [5, 5.41) is 0. The quantitative estimate of drug-likeness (QED) is 0.884. The number of hydrogen-bond acceptors (Lipinski definition) is 2. The van der Waals surface area contributed by atoms with E-state index in [0.717, 1.165) is 19.3 Å². The molecular formula is C16H23NO. The molecule has 0 bridgehead atoms. The van der Waals surface area contributed by atoms with Crippen molar-refractivity contribution in [2.45, 2.75) is 56.1 Å². The lowest BCUT2D eigenvalue weighted by molar-refractivity contribution is 0.0807. The first-order valence-corrected chi connectivity index (χ1v) is 7.09. The summed E-state index contributed by atoms with van der Waals surface area (Å²) in [5.41, 5.74) is 9.30. The van der Waals surface area contributed by atoms with Crippen molar-refractivity contribution in [1.82, 2.24) is 0 Å². The van der Waals surface area contributed by atoms with E-state index in [0.29, 0.717) is 0 Å². The molecule has 1 aromatic rings. The Bertz CT molecular complexity index is 430. The molecule has 3 rings (SSSR count). The Morgan fingerprint density at radius 2 is 1.89 bits per heavy atom. The summed E-state index contributed by atoms with van der Waals surface area (Å²) in [6.07, 6.45) is 8.22. The highest BCUT2D eigenvalue weighted by molar-refractivity contribution is 5.31. The summed E-state index contributed by atoms with van der Waals surface area (Å²) in [7, 11) is 1.83. The molecule has 0 amide bonds. The zero-order valence-corrected chi connectivity index (χ0v) is 11.2. The van der Waals surface area contributed by atoms with Crippen molar-refractivity contribution in [2.75, 3.05) is 7.11 Å². The first-order valence-electron chi connectivity index (χ1n) is 7.09. The lowest BCUT2D eigenvalue weighted by Gasteiger charge is -2.25. The van der Waals surface area contributed by atoms with Gasteiger partial charge in [0.15, 0.2) is 0 Å². The highest BCUT2D eigenvalue weighted by atomic mass is 16.5. The van der Waals surface area contributed by atoms with Crippen LogP contribution < -0.4 is 5.73 Å². The van der Waals surface area contributed by atoms with E-state index in [1.165, 1.54) is 36.8 Å². The predicted octanol–water partition coefficient (Wildman–Crippen LogP) is 3.14. The van der Waals surface area contributed by atoms with Crippen molar-refractivity contribution < 1.29 is 4.74 Å². The molecular weight excluding hydrogens is 222 g/mol. The van der Waals surface area contributed by atoms with Crippen LogP contribution in [0.15, 0.2) is 24.3 Å². The minimum atomic E-state index is -0.0696. The average molecular weight is 245 g/mol. The Hall–Kier alpha value is -0.860. The molecule has 1 aromatic carbocycles. The molecule has 2 saturated carbocycles. The molecule has 2 nitrogen and oxygen atoms in total. The van der Waals surface area contributed by atoms with Crippen LogP contribution in [0.4, 0.5) is 0 Å². The maximum absolute atomic E-state index is 6.53. The molecule has 2 N–H and O–H groups in total. The van der Waals surface area contributed by atoms with Gasteiger partial charge in [-0.3, -0.25) is 0 Å². The van der Waals surface area contributed by atoms with Gasteiger partial charge in [0.05, 0.1) is 5.60 Å². The fraction of sp³-hybridized carbons (Fsp3) is 0.625. The summed E-state index contributed by atoms with van der Waals surface area (Å²) >= 11 is 0. The number of rotatable bonds is 4. The Morgan fingerprint density at radius 1 is 1.17 bits per heavy atom. The molecule has 0 unspecified atom stereocenters. The monoisotopic (exact) mass is 245 g/mol. The lowest BCUT2D eigenvalue weighted by atomic mass is 9.87. The molecule has 2 aliphatic rings. The molecule has 18 heavy (non-hydrogen) atoms. The van der Waals surface area contributed by atoms with Gasteiger partial charge in [0, 0.05) is 19.1 Å². The zero-order chi connectivity index (χ0) is 12.6. The molecule has 2 fully saturated rings. The maximum atomic E-state index is 6.53. The summed E-state index contributed by atoms with van der Waals surface area (Å²) in [4.78, 5) is 0. The predicted molar refractivity (Wildman–Crippen MR) is 73.5 cm³/mol. The Kier molecular flexibility index (Phi) is 2.95. The van der Waals surface area contributed by atoms with Crippen molar-refractivity contribution in [2.24, 2.45) is 5.73 Å². The standard InChI is InChI=1S/C16H23NO/c1-18-15(9-10-15)12-13-5-4-6-14(11-13)16(17)7-2-3-8-16/h4-6,11H,2-3,7-10,12,17H2,1H3. The largest absolute Gasteiger partial charge is 0.378 e. The van der Waals surface area contributed by atoms with E-state index < -0.39 is 0 Å². The van der Waals surface area contributed by atoms with Crippen LogP contribution in [0.25, 0.3) is 0 Å². The Morgan fingerprint density at radius 3 is 2.50 bits per heavy atom. The molecule has 0 atom stereocenters. The fourth-order valence-corrected chi connectivity index (χ4v) is 3.25. The van der Waals surface area contributed by atoms with Crippen LogP contribution in [0.1, 0.15) is 49.7 Å². The lowest BCUT2D eigenvalue weighted by Crippen LogP contribution is -2.33. The maximum Gasteiger partial charge on any atom is 0.0721 e. The molecule has 0 aliphatic heterocycles. The highest BCUT2D eigenvalue weighted by Gasteiger charge is 2.43. The van der Waals surface area contributed by atoms with Crippen molar-refractivity contribution in [3.05, 3.63) is 35.4 Å². The molecule has 0 radical (unpaired) electrons. The van der Waals surface area contributed by atoms with Crippen molar-refractivity contribution in [3.8, 4) is 0 Å². The third-order valence-corrected chi connectivity index (χ3v) is 4.76. The van der Waals surface area contributed by atoms with Crippen molar-refractivity contribution in [1.29, 1.82) is 0 Å². The third-order valence-electron chi connectivity index (χ3n) is 4.76. The molecule has 2 heteroatoms. The van der Waals surface area contributed by atoms with Crippen LogP contribution in [0, 0.1) is 0 Å². The number of hydrogen-bond donors (Lipinski definition) is 1. The SMILES string of the molecule is COC1(Cc2cccc(C3(N)CCCC3)c2)CC1. The summed E-state index contributed by atoms with van der Waals surface area (Å²) in [6.45, 7) is 0. The van der Waals surface area contributed by atoms with Crippen LogP contribution in [0.2, 0.25) is 0 Å². The number of benzene rings is 1. The second kappa shape index (κ2) is 4.36. The van der Waals surface area contributed by atoms with E-state index in [1.54, 1.807) is 0 Å². The molecule has 0 spiro atoms. The van der Waals surface area contributed by atoms with Gasteiger partial charge in [-0.05, 0) is 36.8 Å². The zero-order valence-electron chi connectivity index (χ0n) is 11.2. The average Bonchev–Trinajstić information content (AvgIpc) is 3.02. The van der Waals surface area contributed by atoms with Gasteiger partial charge >= 0.3 is 0 Å². The van der Waals surface area contributed by atoms with E-state index in [4.69, 9.17) is 10.5 Å². The minimum absolute atomic E-state index is 0.0696. The fourth-order valence-electron chi connectivity index (χ4n) is 3.25. The van der Waals surface area contributed by atoms with Crippen LogP contribution in [0.5, 0.6) is 0 Å². The van der Waals surface area contributed by atoms with Crippen LogP contribution in [-0.2, 0) is 16.7 Å². The summed E-state index contributed by atoms with van der Waals surface area (Å²) < 4.78 is 5.61. The number of methoxy groups -OCH3 is 1. The van der Waals surface area contributed by atoms with E-state index in [2.05, 4.69) is 24.3 Å². The Balaban J connectivity index is 1.81. The van der Waals surface area contributed by atoms with Gasteiger partial charge in [-0.15, -0.1) is 0 Å². The summed E-state index contributed by atoms with van der Waals surface area (Å²) in [6, 6.07) is 8.87. The van der Waals surface area contributed by atoms with Gasteiger partial charge in [0.1, 0.15) is 0 Å². The van der Waals surface area contributed by atoms with Gasteiger partial charge in [0.2, 0.25) is 0 Å². The molecule has 0 saturated heterocycles. The van der Waals surface area contributed by atoms with Gasteiger partial charge in [-0.25, -0.2) is 0 Å². The van der Waals surface area contributed by atoms with Gasteiger partial charge in [0.25, 0.3) is 0 Å². The van der Waals surface area contributed by atoms with Crippen LogP contribution in [0.3, 0.4) is 0 Å². The minimum Gasteiger partial charge on any atom is -0.378 e. The molecule has 98 valence electrons. The second-order valence-electron chi connectivity index (χ2n) is 6.13. The molecule has 2 aliphatic carbocycles. The highest BCUT2D eigenvalue weighted by Crippen LogP contribution is 2.42. The van der Waals surface area contributed by atoms with Crippen LogP contribution >= 0.6 is 0 Å². The third kappa shape index (κ3) is 2.19. The van der Waals surface area contributed by atoms with E-state index >= 15 is 0 Å². The first-order chi connectivity index (χ1) is 8.66. The van der Waals surface area contributed by atoms with Crippen LogP contribution in [-0.4, -0.2) is 12.7 Å². The van der Waals surface area contributed by atoms with Crippen molar-refractivity contribution in [3.63, 3.8) is 0 Å². The Labute approximate surface area is 110 Å². The van der Waals surface area contributed by atoms with Gasteiger partial charge in [-0.1, -0.05) is 37.1 Å². The topological polar surface area (TPSA) is 35.2 Å². The normalized spacial score (nSPS) is 24.1. The molecule has 0 heterocycles. The number of nitrogens with two attached hydrogens (primary N) is 1. The van der Waals surface area contributed by atoms with Crippen molar-refractivity contribution >= 4 is 0 Å². The van der Waals surface area contributed by atoms with E-state index in [1.807, 2.05) is 7.11 Å². The van der Waals surface area contributed by atoms with Gasteiger partial charge in [-0.2, -0.15) is 0 Å². The van der Waals surface area contributed by atoms with Gasteiger partial charge < -0.3 is 10.5 Å². The smallest absolute Gasteiger partial charge is 0.0721 e. The molecule has 0 aromatic heterocycles.